The second-order valence-electron chi connectivity index (χ2n) is 5.85. The van der Waals surface area contributed by atoms with E-state index in [-0.39, 0.29) is 5.91 Å². The molecule has 1 amide bonds. The van der Waals surface area contributed by atoms with Crippen LogP contribution in [-0.2, 0) is 24.5 Å². The van der Waals surface area contributed by atoms with Gasteiger partial charge in [-0.15, -0.1) is 0 Å². The number of benzene rings is 2. The van der Waals surface area contributed by atoms with E-state index in [1.54, 1.807) is 12.1 Å². The minimum absolute atomic E-state index is 0.181. The molecule has 0 saturated heterocycles. The van der Waals surface area contributed by atoms with Gasteiger partial charge in [0.1, 0.15) is 5.15 Å². The molecule has 4 nitrogen and oxygen atoms in total. The van der Waals surface area contributed by atoms with E-state index in [0.717, 1.165) is 16.7 Å². The van der Waals surface area contributed by atoms with Crippen LogP contribution in [0.3, 0.4) is 0 Å². The number of aromatic nitrogens is 1. The summed E-state index contributed by atoms with van der Waals surface area (Å²) in [5, 5.41) is 3.19. The lowest BCUT2D eigenvalue weighted by Gasteiger charge is -2.08. The number of hydrogen-bond donors (Lipinski definition) is 1. The number of halogens is 1. The van der Waals surface area contributed by atoms with Gasteiger partial charge in [0, 0.05) is 18.3 Å². The molecule has 0 unspecified atom stereocenters. The Hall–Kier alpha value is -2.69. The van der Waals surface area contributed by atoms with Crippen LogP contribution in [0.5, 0.6) is 0 Å². The minimum Gasteiger partial charge on any atom is -0.372 e. The summed E-state index contributed by atoms with van der Waals surface area (Å²) in [7, 11) is 0. The van der Waals surface area contributed by atoms with Crippen LogP contribution in [0.15, 0.2) is 72.9 Å². The van der Waals surface area contributed by atoms with Gasteiger partial charge in [0.25, 0.3) is 5.91 Å². The van der Waals surface area contributed by atoms with E-state index < -0.39 is 0 Å². The Balaban J connectivity index is 1.51. The summed E-state index contributed by atoms with van der Waals surface area (Å²) in [6, 6.07) is 21.2. The first kappa shape index (κ1) is 18.1. The molecule has 1 aromatic heterocycles. The van der Waals surface area contributed by atoms with Gasteiger partial charge in [-0.3, -0.25) is 4.79 Å². The lowest BCUT2D eigenvalue weighted by molar-refractivity contribution is 0.0950. The third-order valence-electron chi connectivity index (χ3n) is 3.81. The Morgan fingerprint density at radius 2 is 1.65 bits per heavy atom. The summed E-state index contributed by atoms with van der Waals surface area (Å²) in [6.07, 6.45) is 1.52. The van der Waals surface area contributed by atoms with E-state index in [0.29, 0.717) is 30.5 Å². The highest BCUT2D eigenvalue weighted by Crippen LogP contribution is 2.10. The highest BCUT2D eigenvalue weighted by Gasteiger charge is 2.06. The Bertz CT molecular complexity index is 869. The third kappa shape index (κ3) is 5.41. The van der Waals surface area contributed by atoms with Crippen LogP contribution >= 0.6 is 11.6 Å². The van der Waals surface area contributed by atoms with E-state index in [4.69, 9.17) is 16.3 Å². The maximum Gasteiger partial charge on any atom is 0.251 e. The van der Waals surface area contributed by atoms with E-state index in [1.165, 1.54) is 6.20 Å². The number of carbonyl (C=O) groups excluding carboxylic acids is 1. The maximum atomic E-state index is 12.2. The molecule has 0 aliphatic rings. The Kier molecular flexibility index (Phi) is 6.36. The first-order valence-corrected chi connectivity index (χ1v) is 8.68. The third-order valence-corrected chi connectivity index (χ3v) is 4.02. The number of pyridine rings is 1. The van der Waals surface area contributed by atoms with Crippen LogP contribution in [0, 0.1) is 0 Å². The summed E-state index contributed by atoms with van der Waals surface area (Å²) in [5.74, 6) is -0.181. The zero-order chi connectivity index (χ0) is 18.2. The van der Waals surface area contributed by atoms with Gasteiger partial charge in [-0.25, -0.2) is 4.98 Å². The highest BCUT2D eigenvalue weighted by atomic mass is 35.5. The molecule has 5 heteroatoms. The van der Waals surface area contributed by atoms with Crippen molar-refractivity contribution in [3.8, 4) is 0 Å². The predicted octanol–water partition coefficient (Wildman–Crippen LogP) is 4.38. The van der Waals surface area contributed by atoms with Crippen LogP contribution in [-0.4, -0.2) is 10.9 Å². The maximum absolute atomic E-state index is 12.2. The lowest BCUT2D eigenvalue weighted by Crippen LogP contribution is -2.22. The molecule has 0 bridgehead atoms. The van der Waals surface area contributed by atoms with Crippen molar-refractivity contribution < 1.29 is 9.53 Å². The summed E-state index contributed by atoms with van der Waals surface area (Å²) in [6.45, 7) is 1.53. The molecule has 0 aliphatic heterocycles. The topological polar surface area (TPSA) is 51.2 Å². The van der Waals surface area contributed by atoms with E-state index in [2.05, 4.69) is 10.3 Å². The van der Waals surface area contributed by atoms with Crippen molar-refractivity contribution in [1.29, 1.82) is 0 Å². The fraction of sp³-hybridized carbons (Fsp3) is 0.143. The molecule has 2 aromatic carbocycles. The molecule has 1 N–H and O–H groups in total. The van der Waals surface area contributed by atoms with Crippen molar-refractivity contribution >= 4 is 17.5 Å². The first-order chi connectivity index (χ1) is 12.7. The smallest absolute Gasteiger partial charge is 0.251 e. The van der Waals surface area contributed by atoms with Crippen LogP contribution < -0.4 is 5.32 Å². The lowest BCUT2D eigenvalue weighted by atomic mass is 10.1. The number of hydrogen-bond acceptors (Lipinski definition) is 3. The minimum atomic E-state index is -0.181. The fourth-order valence-corrected chi connectivity index (χ4v) is 2.69. The summed E-state index contributed by atoms with van der Waals surface area (Å²) < 4.78 is 5.76. The van der Waals surface area contributed by atoms with Crippen molar-refractivity contribution in [2.24, 2.45) is 0 Å². The molecule has 0 spiro atoms. The molecule has 0 atom stereocenters. The van der Waals surface area contributed by atoms with Crippen LogP contribution in [0.1, 0.15) is 27.0 Å². The monoisotopic (exact) mass is 366 g/mol. The number of nitrogens with zero attached hydrogens (tertiary/aromatic N) is 1. The number of amides is 1. The molecule has 1 heterocycles. The second kappa shape index (κ2) is 9.13. The van der Waals surface area contributed by atoms with Crippen molar-refractivity contribution in [3.63, 3.8) is 0 Å². The quantitative estimate of drug-likeness (QED) is 0.631. The van der Waals surface area contributed by atoms with Gasteiger partial charge in [-0.2, -0.15) is 0 Å². The average molecular weight is 367 g/mol. The average Bonchev–Trinajstić information content (AvgIpc) is 2.67. The molecule has 26 heavy (non-hydrogen) atoms. The normalized spacial score (nSPS) is 10.5. The first-order valence-electron chi connectivity index (χ1n) is 8.30. The molecule has 0 fully saturated rings. The molecule has 0 saturated carbocycles. The standard InChI is InChI=1S/C21H19ClN2O2/c22-20-12-19(9-10-23-20)21(25)24-13-17-7-4-8-18(11-17)15-26-14-16-5-2-1-3-6-16/h1-12H,13-15H2,(H,24,25). The van der Waals surface area contributed by atoms with Gasteiger partial charge in [-0.05, 0) is 28.8 Å². The Labute approximate surface area is 157 Å². The number of rotatable bonds is 7. The Morgan fingerprint density at radius 1 is 0.923 bits per heavy atom. The van der Waals surface area contributed by atoms with Crippen LogP contribution in [0.25, 0.3) is 0 Å². The van der Waals surface area contributed by atoms with Crippen LogP contribution in [0.4, 0.5) is 0 Å². The summed E-state index contributed by atoms with van der Waals surface area (Å²) >= 11 is 5.81. The predicted molar refractivity (Wildman–Crippen MR) is 102 cm³/mol. The van der Waals surface area contributed by atoms with E-state index in [9.17, 15) is 4.79 Å². The summed E-state index contributed by atoms with van der Waals surface area (Å²) in [5.41, 5.74) is 3.72. The van der Waals surface area contributed by atoms with Gasteiger partial charge in [0.15, 0.2) is 0 Å². The molecular weight excluding hydrogens is 348 g/mol. The SMILES string of the molecule is O=C(NCc1cccc(COCc2ccccc2)c1)c1ccnc(Cl)c1. The van der Waals surface area contributed by atoms with E-state index >= 15 is 0 Å². The summed E-state index contributed by atoms with van der Waals surface area (Å²) in [4.78, 5) is 16.0. The largest absolute Gasteiger partial charge is 0.372 e. The zero-order valence-corrected chi connectivity index (χ0v) is 14.9. The molecule has 0 radical (unpaired) electrons. The van der Waals surface area contributed by atoms with Crippen molar-refractivity contribution in [2.75, 3.05) is 0 Å². The molecule has 3 rings (SSSR count). The van der Waals surface area contributed by atoms with Gasteiger partial charge in [-0.1, -0.05) is 66.2 Å². The molecule has 0 aliphatic carbocycles. The van der Waals surface area contributed by atoms with Gasteiger partial charge >= 0.3 is 0 Å². The Morgan fingerprint density at radius 3 is 2.46 bits per heavy atom. The van der Waals surface area contributed by atoms with Crippen molar-refractivity contribution in [3.05, 3.63) is 100 Å². The van der Waals surface area contributed by atoms with Crippen LogP contribution in [0.2, 0.25) is 5.15 Å². The number of carbonyl (C=O) groups is 1. The molecular formula is C21H19ClN2O2. The molecule has 132 valence electrons. The van der Waals surface area contributed by atoms with Gasteiger partial charge in [0.2, 0.25) is 0 Å². The highest BCUT2D eigenvalue weighted by molar-refractivity contribution is 6.29. The van der Waals surface area contributed by atoms with Crippen molar-refractivity contribution in [2.45, 2.75) is 19.8 Å². The van der Waals surface area contributed by atoms with Gasteiger partial charge in [0.05, 0.1) is 13.2 Å². The number of nitrogens with one attached hydrogen (secondary N) is 1. The fourth-order valence-electron chi connectivity index (χ4n) is 2.52. The van der Waals surface area contributed by atoms with Crippen molar-refractivity contribution in [1.82, 2.24) is 10.3 Å². The zero-order valence-electron chi connectivity index (χ0n) is 14.2. The number of ether oxygens (including phenoxy) is 1. The second-order valence-corrected chi connectivity index (χ2v) is 6.24. The van der Waals surface area contributed by atoms with E-state index in [1.807, 2.05) is 54.6 Å². The van der Waals surface area contributed by atoms with Gasteiger partial charge < -0.3 is 10.1 Å². The molecule has 3 aromatic rings.